The molecule has 0 bridgehead atoms. The van der Waals surface area contributed by atoms with E-state index in [4.69, 9.17) is 14.2 Å². The smallest absolute Gasteiger partial charge is 0.356 e. The third kappa shape index (κ3) is 3.21. The lowest BCUT2D eigenvalue weighted by molar-refractivity contribution is -0.153. The number of rotatable bonds is 5. The molecule has 2 aromatic carbocycles. The largest absolute Gasteiger partial charge is 0.497 e. The zero-order valence-electron chi connectivity index (χ0n) is 13.8. The Labute approximate surface area is 141 Å². The molecule has 3 rings (SSSR count). The van der Waals surface area contributed by atoms with Crippen molar-refractivity contribution >= 4 is 11.7 Å². The van der Waals surface area contributed by atoms with E-state index in [1.807, 2.05) is 59.5 Å². The van der Waals surface area contributed by atoms with Gasteiger partial charge in [0.2, 0.25) is 6.23 Å². The molecule has 1 saturated heterocycles. The van der Waals surface area contributed by atoms with E-state index in [9.17, 15) is 4.79 Å². The molecule has 5 heteroatoms. The highest BCUT2D eigenvalue weighted by Crippen LogP contribution is 2.36. The molecule has 0 radical (unpaired) electrons. The van der Waals surface area contributed by atoms with E-state index >= 15 is 0 Å². The van der Waals surface area contributed by atoms with Crippen molar-refractivity contribution in [1.29, 1.82) is 0 Å². The number of methoxy groups -OCH3 is 1. The van der Waals surface area contributed by atoms with Crippen LogP contribution < -0.4 is 9.64 Å². The van der Waals surface area contributed by atoms with Crippen LogP contribution in [0.25, 0.3) is 0 Å². The van der Waals surface area contributed by atoms with Gasteiger partial charge in [-0.1, -0.05) is 30.3 Å². The van der Waals surface area contributed by atoms with Crippen molar-refractivity contribution in [3.63, 3.8) is 0 Å². The van der Waals surface area contributed by atoms with E-state index in [1.54, 1.807) is 14.0 Å². The Kier molecular flexibility index (Phi) is 5.01. The number of carbonyl (C=O) groups excluding carboxylic acids is 1. The molecule has 1 aliphatic heterocycles. The molecule has 24 heavy (non-hydrogen) atoms. The quantitative estimate of drug-likeness (QED) is 0.790. The first-order chi connectivity index (χ1) is 11.7. The fourth-order valence-electron chi connectivity index (χ4n) is 2.90. The molecule has 1 fully saturated rings. The second kappa shape index (κ2) is 7.36. The van der Waals surface area contributed by atoms with E-state index < -0.39 is 6.23 Å². The summed E-state index contributed by atoms with van der Waals surface area (Å²) in [5.41, 5.74) is 1.99. The number of hydrogen-bond acceptors (Lipinski definition) is 5. The predicted molar refractivity (Wildman–Crippen MR) is 91.0 cm³/mol. The Morgan fingerprint density at radius 3 is 2.50 bits per heavy atom. The first-order valence-electron chi connectivity index (χ1n) is 8.00. The Hall–Kier alpha value is -2.53. The third-order valence-corrected chi connectivity index (χ3v) is 4.04. The summed E-state index contributed by atoms with van der Waals surface area (Å²) in [4.78, 5) is 14.3. The molecule has 0 aromatic heterocycles. The van der Waals surface area contributed by atoms with E-state index in [0.29, 0.717) is 13.2 Å². The van der Waals surface area contributed by atoms with Gasteiger partial charge in [0.25, 0.3) is 0 Å². The molecular formula is C19H21NO4. The van der Waals surface area contributed by atoms with Gasteiger partial charge < -0.3 is 19.1 Å². The summed E-state index contributed by atoms with van der Waals surface area (Å²) in [5.74, 6) is 0.398. The van der Waals surface area contributed by atoms with Gasteiger partial charge in [0.05, 0.1) is 26.4 Å². The summed E-state index contributed by atoms with van der Waals surface area (Å²) in [5, 5.41) is 0. The van der Waals surface area contributed by atoms with Crippen molar-refractivity contribution in [1.82, 2.24) is 0 Å². The average Bonchev–Trinajstić information content (AvgIpc) is 3.08. The Morgan fingerprint density at radius 1 is 1.17 bits per heavy atom. The van der Waals surface area contributed by atoms with Crippen molar-refractivity contribution in [3.05, 3.63) is 60.2 Å². The predicted octanol–water partition coefficient (Wildman–Crippen LogP) is 3.16. The normalized spacial score (nSPS) is 20.0. The minimum absolute atomic E-state index is 0.0472. The molecule has 5 nitrogen and oxygen atoms in total. The van der Waals surface area contributed by atoms with Crippen LogP contribution in [0.15, 0.2) is 54.6 Å². The van der Waals surface area contributed by atoms with Crippen molar-refractivity contribution in [2.24, 2.45) is 0 Å². The van der Waals surface area contributed by atoms with Crippen LogP contribution in [-0.2, 0) is 14.3 Å². The van der Waals surface area contributed by atoms with Gasteiger partial charge in [-0.3, -0.25) is 0 Å². The molecule has 0 N–H and O–H groups in total. The fraction of sp³-hybridized carbons (Fsp3) is 0.316. The Morgan fingerprint density at radius 2 is 1.88 bits per heavy atom. The highest BCUT2D eigenvalue weighted by molar-refractivity contribution is 5.79. The molecule has 1 heterocycles. The maximum Gasteiger partial charge on any atom is 0.356 e. The summed E-state index contributed by atoms with van der Waals surface area (Å²) in [7, 11) is 1.63. The number of benzene rings is 2. The maximum atomic E-state index is 12.3. The number of ether oxygens (including phenoxy) is 3. The van der Waals surface area contributed by atoms with Gasteiger partial charge >= 0.3 is 5.97 Å². The summed E-state index contributed by atoms with van der Waals surface area (Å²) in [6.07, 6.45) is -0.747. The number of nitrogens with zero attached hydrogens (tertiary/aromatic N) is 1. The van der Waals surface area contributed by atoms with E-state index in [0.717, 1.165) is 17.0 Å². The van der Waals surface area contributed by atoms with E-state index in [2.05, 4.69) is 0 Å². The van der Waals surface area contributed by atoms with Gasteiger partial charge in [-0.2, -0.15) is 0 Å². The SMILES string of the molecule is CCOC(=O)C1OCC(c2ccccc2)N1c1ccc(OC)cc1. The molecule has 0 aliphatic carbocycles. The number of carbonyl (C=O) groups is 1. The van der Waals surface area contributed by atoms with Crippen molar-refractivity contribution in [2.45, 2.75) is 19.2 Å². The Bertz CT molecular complexity index is 672. The van der Waals surface area contributed by atoms with Gasteiger partial charge in [-0.25, -0.2) is 4.79 Å². The highest BCUT2D eigenvalue weighted by Gasteiger charge is 2.40. The molecule has 2 atom stereocenters. The first-order valence-corrected chi connectivity index (χ1v) is 8.00. The maximum absolute atomic E-state index is 12.3. The minimum atomic E-state index is -0.747. The van der Waals surface area contributed by atoms with Gasteiger partial charge in [0.1, 0.15) is 5.75 Å². The van der Waals surface area contributed by atoms with Gasteiger partial charge in [-0.05, 0) is 36.8 Å². The average molecular weight is 327 g/mol. The second-order valence-corrected chi connectivity index (χ2v) is 5.47. The molecule has 0 saturated carbocycles. The third-order valence-electron chi connectivity index (χ3n) is 4.04. The molecule has 0 spiro atoms. The van der Waals surface area contributed by atoms with Crippen LogP contribution in [-0.4, -0.2) is 32.5 Å². The lowest BCUT2D eigenvalue weighted by atomic mass is 10.1. The molecular weight excluding hydrogens is 306 g/mol. The minimum Gasteiger partial charge on any atom is -0.497 e. The van der Waals surface area contributed by atoms with Crippen LogP contribution in [0.1, 0.15) is 18.5 Å². The lowest BCUT2D eigenvalue weighted by Crippen LogP contribution is -2.39. The summed E-state index contributed by atoms with van der Waals surface area (Å²) < 4.78 is 16.2. The topological polar surface area (TPSA) is 48.0 Å². The number of esters is 1. The van der Waals surface area contributed by atoms with Crippen LogP contribution in [0.4, 0.5) is 5.69 Å². The van der Waals surface area contributed by atoms with Crippen LogP contribution in [0, 0.1) is 0 Å². The van der Waals surface area contributed by atoms with Crippen LogP contribution in [0.3, 0.4) is 0 Å². The van der Waals surface area contributed by atoms with Gasteiger partial charge in [-0.15, -0.1) is 0 Å². The van der Waals surface area contributed by atoms with Crippen LogP contribution in [0.5, 0.6) is 5.75 Å². The molecule has 1 aliphatic rings. The summed E-state index contributed by atoms with van der Waals surface area (Å²) in [6, 6.07) is 17.6. The molecule has 2 aromatic rings. The Balaban J connectivity index is 1.95. The lowest BCUT2D eigenvalue weighted by Gasteiger charge is -2.29. The van der Waals surface area contributed by atoms with Gasteiger partial charge in [0, 0.05) is 5.69 Å². The first kappa shape index (κ1) is 16.3. The fourth-order valence-corrected chi connectivity index (χ4v) is 2.90. The van der Waals surface area contributed by atoms with E-state index in [-0.39, 0.29) is 12.0 Å². The summed E-state index contributed by atoms with van der Waals surface area (Å²) >= 11 is 0. The van der Waals surface area contributed by atoms with Crippen LogP contribution >= 0.6 is 0 Å². The standard InChI is InChI=1S/C19H21NO4/c1-3-23-19(21)18-20(15-9-11-16(22-2)12-10-15)17(13-24-18)14-7-5-4-6-8-14/h4-12,17-18H,3,13H2,1-2H3. The zero-order valence-corrected chi connectivity index (χ0v) is 13.8. The van der Waals surface area contributed by atoms with Gasteiger partial charge in [0.15, 0.2) is 0 Å². The second-order valence-electron chi connectivity index (χ2n) is 5.47. The van der Waals surface area contributed by atoms with Crippen molar-refractivity contribution in [2.75, 3.05) is 25.2 Å². The molecule has 0 amide bonds. The van der Waals surface area contributed by atoms with E-state index in [1.165, 1.54) is 0 Å². The monoisotopic (exact) mass is 327 g/mol. The summed E-state index contributed by atoms with van der Waals surface area (Å²) in [6.45, 7) is 2.55. The van der Waals surface area contributed by atoms with Crippen molar-refractivity contribution < 1.29 is 19.0 Å². The zero-order chi connectivity index (χ0) is 16.9. The number of anilines is 1. The van der Waals surface area contributed by atoms with Crippen LogP contribution in [0.2, 0.25) is 0 Å². The molecule has 2 unspecified atom stereocenters. The highest BCUT2D eigenvalue weighted by atomic mass is 16.6. The number of hydrogen-bond donors (Lipinski definition) is 0. The van der Waals surface area contributed by atoms with Crippen molar-refractivity contribution in [3.8, 4) is 5.75 Å². The molecule has 126 valence electrons.